The van der Waals surface area contributed by atoms with Crippen molar-refractivity contribution in [3.63, 3.8) is 0 Å². The van der Waals surface area contributed by atoms with E-state index in [2.05, 4.69) is 6.07 Å². The maximum Gasteiger partial charge on any atom is 0.0621 e. The van der Waals surface area contributed by atoms with E-state index in [1.165, 1.54) is 11.5 Å². The van der Waals surface area contributed by atoms with Crippen LogP contribution in [0.3, 0.4) is 0 Å². The quantitative estimate of drug-likeness (QED) is 0.563. The molecule has 0 aromatic heterocycles. The summed E-state index contributed by atoms with van der Waals surface area (Å²) in [5, 5.41) is 8.18. The number of hydrogen-bond acceptors (Lipinski definition) is 2. The summed E-state index contributed by atoms with van der Waals surface area (Å²) in [5.41, 5.74) is 0. The van der Waals surface area contributed by atoms with Gasteiger partial charge in [0.2, 0.25) is 0 Å². The summed E-state index contributed by atoms with van der Waals surface area (Å²) < 4.78 is 0. The third-order valence-corrected chi connectivity index (χ3v) is 2.79. The highest BCUT2D eigenvalue weighted by Crippen LogP contribution is 2.27. The molecule has 0 atom stereocenters. The largest absolute Gasteiger partial charge is 0.198 e. The maximum absolute atomic E-state index is 8.18. The fourth-order valence-electron chi connectivity index (χ4n) is 0.720. The molecule has 0 aromatic carbocycles. The fraction of sp³-hybridized carbons (Fsp3) is 0.833. The molecule has 1 fully saturated rings. The van der Waals surface area contributed by atoms with Gasteiger partial charge in [-0.1, -0.05) is 0 Å². The highest BCUT2D eigenvalue weighted by atomic mass is 32.2. The number of hydrogen-bond donors (Lipinski definition) is 0. The van der Waals surface area contributed by atoms with Gasteiger partial charge in [0, 0.05) is 6.42 Å². The summed E-state index contributed by atoms with van der Waals surface area (Å²) >= 11 is 1.99. The summed E-state index contributed by atoms with van der Waals surface area (Å²) in [6, 6.07) is 2.16. The Balaban J connectivity index is 1.95. The van der Waals surface area contributed by atoms with E-state index in [-0.39, 0.29) is 0 Å². The molecular weight excluding hydrogens is 118 g/mol. The molecule has 0 saturated carbocycles. The summed E-state index contributed by atoms with van der Waals surface area (Å²) in [4.78, 5) is 0. The van der Waals surface area contributed by atoms with E-state index in [1.54, 1.807) is 0 Å². The zero-order valence-electron chi connectivity index (χ0n) is 4.76. The van der Waals surface area contributed by atoms with Crippen molar-refractivity contribution >= 4 is 11.8 Å². The Morgan fingerprint density at radius 3 is 2.75 bits per heavy atom. The van der Waals surface area contributed by atoms with E-state index in [0.29, 0.717) is 0 Å². The first-order valence-electron chi connectivity index (χ1n) is 2.88. The molecule has 0 aliphatic carbocycles. The molecule has 0 aromatic rings. The van der Waals surface area contributed by atoms with E-state index in [4.69, 9.17) is 5.26 Å². The number of thioether (sulfide) groups is 1. The Hall–Kier alpha value is -0.160. The molecule has 1 aliphatic rings. The smallest absolute Gasteiger partial charge is 0.0621 e. The van der Waals surface area contributed by atoms with Crippen LogP contribution in [0.4, 0.5) is 0 Å². The van der Waals surface area contributed by atoms with Gasteiger partial charge in [-0.25, -0.2) is 0 Å². The zero-order valence-corrected chi connectivity index (χ0v) is 5.58. The minimum atomic E-state index is 0.755. The number of nitrogens with zero attached hydrogens (tertiary/aromatic N) is 1. The van der Waals surface area contributed by atoms with Crippen LogP contribution in [-0.4, -0.2) is 11.5 Å². The number of nitriles is 1. The topological polar surface area (TPSA) is 23.8 Å². The van der Waals surface area contributed by atoms with E-state index in [9.17, 15) is 0 Å². The lowest BCUT2D eigenvalue weighted by atomic mass is 10.1. The molecule has 1 nitrogen and oxygen atoms in total. The molecule has 0 unspecified atom stereocenters. The monoisotopic (exact) mass is 127 g/mol. The molecule has 2 heteroatoms. The van der Waals surface area contributed by atoms with Crippen LogP contribution in [0.1, 0.15) is 12.8 Å². The predicted molar refractivity (Wildman–Crippen MR) is 35.7 cm³/mol. The van der Waals surface area contributed by atoms with Crippen LogP contribution in [-0.2, 0) is 0 Å². The Labute approximate surface area is 54.1 Å². The molecule has 0 amide bonds. The van der Waals surface area contributed by atoms with Gasteiger partial charge >= 0.3 is 0 Å². The first kappa shape index (κ1) is 5.97. The van der Waals surface area contributed by atoms with E-state index in [1.807, 2.05) is 11.8 Å². The molecular formula is C6H9NS. The third-order valence-electron chi connectivity index (χ3n) is 1.37. The lowest BCUT2D eigenvalue weighted by Crippen LogP contribution is -2.16. The van der Waals surface area contributed by atoms with Gasteiger partial charge in [-0.3, -0.25) is 0 Å². The first-order valence-corrected chi connectivity index (χ1v) is 4.03. The molecule has 0 spiro atoms. The van der Waals surface area contributed by atoms with Crippen molar-refractivity contribution in [3.8, 4) is 6.07 Å². The van der Waals surface area contributed by atoms with Gasteiger partial charge in [0.05, 0.1) is 6.07 Å². The number of rotatable bonds is 2. The van der Waals surface area contributed by atoms with Crippen LogP contribution in [0.15, 0.2) is 0 Å². The van der Waals surface area contributed by atoms with Crippen LogP contribution in [0.2, 0.25) is 0 Å². The molecule has 0 radical (unpaired) electrons. The van der Waals surface area contributed by atoms with Crippen LogP contribution >= 0.6 is 11.8 Å². The minimum absolute atomic E-state index is 0.755. The average molecular weight is 127 g/mol. The second kappa shape index (κ2) is 2.99. The van der Waals surface area contributed by atoms with Crippen molar-refractivity contribution in [2.24, 2.45) is 5.92 Å². The Bertz CT molecular complexity index is 102. The SMILES string of the molecule is N#CCCC1CSC1. The van der Waals surface area contributed by atoms with Crippen molar-refractivity contribution in [3.05, 3.63) is 0 Å². The van der Waals surface area contributed by atoms with E-state index in [0.717, 1.165) is 18.8 Å². The summed E-state index contributed by atoms with van der Waals surface area (Å²) in [6.07, 6.45) is 1.88. The van der Waals surface area contributed by atoms with Gasteiger partial charge < -0.3 is 0 Å². The van der Waals surface area contributed by atoms with Crippen molar-refractivity contribution in [1.29, 1.82) is 5.26 Å². The van der Waals surface area contributed by atoms with Crippen LogP contribution in [0.5, 0.6) is 0 Å². The predicted octanol–water partition coefficient (Wildman–Crippen LogP) is 1.65. The standard InChI is InChI=1S/C6H9NS/c7-3-1-2-6-4-8-5-6/h6H,1-2,4-5H2. The van der Waals surface area contributed by atoms with Gasteiger partial charge in [0.1, 0.15) is 0 Å². The molecule has 1 aliphatic heterocycles. The highest BCUT2D eigenvalue weighted by Gasteiger charge is 2.16. The van der Waals surface area contributed by atoms with E-state index >= 15 is 0 Å². The second-order valence-corrected chi connectivity index (χ2v) is 3.18. The molecule has 8 heavy (non-hydrogen) atoms. The summed E-state index contributed by atoms with van der Waals surface area (Å²) in [7, 11) is 0. The first-order chi connectivity index (χ1) is 3.93. The van der Waals surface area contributed by atoms with Gasteiger partial charge in [0.15, 0.2) is 0 Å². The van der Waals surface area contributed by atoms with Gasteiger partial charge in [0.25, 0.3) is 0 Å². The highest BCUT2D eigenvalue weighted by molar-refractivity contribution is 8.00. The van der Waals surface area contributed by atoms with Gasteiger partial charge in [-0.2, -0.15) is 17.0 Å². The fourth-order valence-corrected chi connectivity index (χ4v) is 1.62. The summed E-state index contributed by atoms with van der Waals surface area (Å²) in [5.74, 6) is 3.46. The Morgan fingerprint density at radius 2 is 2.38 bits per heavy atom. The van der Waals surface area contributed by atoms with Crippen molar-refractivity contribution in [2.75, 3.05) is 11.5 Å². The van der Waals surface area contributed by atoms with E-state index < -0.39 is 0 Å². The molecule has 1 saturated heterocycles. The average Bonchev–Trinajstić information content (AvgIpc) is 1.63. The summed E-state index contributed by atoms with van der Waals surface area (Å²) in [6.45, 7) is 0. The third kappa shape index (κ3) is 1.41. The van der Waals surface area contributed by atoms with Gasteiger partial charge in [-0.05, 0) is 23.8 Å². The molecule has 1 rings (SSSR count). The molecule has 1 heterocycles. The normalized spacial score (nSPS) is 19.4. The Kier molecular flexibility index (Phi) is 2.23. The second-order valence-electron chi connectivity index (χ2n) is 2.10. The van der Waals surface area contributed by atoms with Gasteiger partial charge in [-0.15, -0.1) is 0 Å². The maximum atomic E-state index is 8.18. The zero-order chi connectivity index (χ0) is 5.82. The minimum Gasteiger partial charge on any atom is -0.198 e. The van der Waals surface area contributed by atoms with Crippen molar-refractivity contribution < 1.29 is 0 Å². The van der Waals surface area contributed by atoms with Crippen molar-refractivity contribution in [1.82, 2.24) is 0 Å². The molecule has 0 N–H and O–H groups in total. The molecule has 44 valence electrons. The lowest BCUT2D eigenvalue weighted by Gasteiger charge is -2.23. The van der Waals surface area contributed by atoms with Crippen LogP contribution in [0, 0.1) is 17.2 Å². The molecule has 0 bridgehead atoms. The van der Waals surface area contributed by atoms with Crippen molar-refractivity contribution in [2.45, 2.75) is 12.8 Å². The van der Waals surface area contributed by atoms with Crippen LogP contribution < -0.4 is 0 Å². The Morgan fingerprint density at radius 1 is 1.62 bits per heavy atom. The lowest BCUT2D eigenvalue weighted by molar-refractivity contribution is 0.590. The van der Waals surface area contributed by atoms with Crippen LogP contribution in [0.25, 0.3) is 0 Å².